The number of hydrogen-bond acceptors (Lipinski definition) is 6. The van der Waals surface area contributed by atoms with Crippen LogP contribution >= 0.6 is 0 Å². The highest BCUT2D eigenvalue weighted by Gasteiger charge is 2.25. The quantitative estimate of drug-likeness (QED) is 0.811. The molecule has 0 unspecified atom stereocenters. The van der Waals surface area contributed by atoms with Gasteiger partial charge in [-0.1, -0.05) is 0 Å². The lowest BCUT2D eigenvalue weighted by Crippen LogP contribution is -2.36. The molecule has 1 aliphatic heterocycles. The molecule has 1 aromatic heterocycles. The number of esters is 1. The number of nitrogens with zero attached hydrogens (tertiary/aromatic N) is 3. The number of likely N-dealkylation sites (tertiary alicyclic amines) is 1. The molecule has 6 heteroatoms. The van der Waals surface area contributed by atoms with Gasteiger partial charge < -0.3 is 10.5 Å². The summed E-state index contributed by atoms with van der Waals surface area (Å²) in [6.07, 6.45) is 5.21. The number of rotatable bonds is 4. The van der Waals surface area contributed by atoms with Gasteiger partial charge in [0.1, 0.15) is 0 Å². The van der Waals surface area contributed by atoms with E-state index in [-0.39, 0.29) is 11.9 Å². The highest BCUT2D eigenvalue weighted by Crippen LogP contribution is 2.20. The zero-order valence-corrected chi connectivity index (χ0v) is 11.2. The molecule has 0 atom stereocenters. The Hall–Kier alpha value is -1.69. The molecule has 0 aliphatic carbocycles. The summed E-state index contributed by atoms with van der Waals surface area (Å²) in [6.45, 7) is 4.90. The lowest BCUT2D eigenvalue weighted by atomic mass is 9.97. The van der Waals surface area contributed by atoms with Crippen molar-refractivity contribution in [2.24, 2.45) is 5.92 Å². The monoisotopic (exact) mass is 264 g/mol. The first kappa shape index (κ1) is 13.7. The number of ether oxygens (including phenoxy) is 1. The molecule has 2 heterocycles. The number of hydrogen-bond donors (Lipinski definition) is 1. The van der Waals surface area contributed by atoms with Gasteiger partial charge in [0.15, 0.2) is 0 Å². The van der Waals surface area contributed by atoms with Crippen LogP contribution < -0.4 is 5.73 Å². The summed E-state index contributed by atoms with van der Waals surface area (Å²) in [6, 6.07) is 0. The van der Waals surface area contributed by atoms with Crippen molar-refractivity contribution in [3.63, 3.8) is 0 Å². The third-order valence-corrected chi connectivity index (χ3v) is 3.34. The Morgan fingerprint density at radius 1 is 1.42 bits per heavy atom. The largest absolute Gasteiger partial charge is 0.466 e. The van der Waals surface area contributed by atoms with Crippen LogP contribution in [-0.2, 0) is 16.1 Å². The predicted molar refractivity (Wildman–Crippen MR) is 71.1 cm³/mol. The van der Waals surface area contributed by atoms with Gasteiger partial charge in [0, 0.05) is 24.5 Å². The smallest absolute Gasteiger partial charge is 0.309 e. The standard InChI is InChI=1S/C13H20N4O2/c1-2-19-12(18)11-3-5-17(6-4-11)9-10-7-15-13(14)16-8-10/h7-8,11H,2-6,9H2,1H3,(H2,14,15,16). The molecule has 0 bridgehead atoms. The van der Waals surface area contributed by atoms with E-state index in [0.717, 1.165) is 38.0 Å². The summed E-state index contributed by atoms with van der Waals surface area (Å²) in [5, 5.41) is 0. The lowest BCUT2D eigenvalue weighted by molar-refractivity contribution is -0.149. The van der Waals surface area contributed by atoms with Gasteiger partial charge in [-0.25, -0.2) is 9.97 Å². The molecule has 2 rings (SSSR count). The van der Waals surface area contributed by atoms with Crippen molar-refractivity contribution in [2.75, 3.05) is 25.4 Å². The van der Waals surface area contributed by atoms with Crippen LogP contribution in [0.3, 0.4) is 0 Å². The van der Waals surface area contributed by atoms with Crippen LogP contribution in [0.2, 0.25) is 0 Å². The molecule has 19 heavy (non-hydrogen) atoms. The Morgan fingerprint density at radius 3 is 2.63 bits per heavy atom. The fraction of sp³-hybridized carbons (Fsp3) is 0.615. The molecular formula is C13H20N4O2. The van der Waals surface area contributed by atoms with Crippen LogP contribution in [-0.4, -0.2) is 40.5 Å². The summed E-state index contributed by atoms with van der Waals surface area (Å²) >= 11 is 0. The number of carbonyl (C=O) groups excluding carboxylic acids is 1. The van der Waals surface area contributed by atoms with Gasteiger partial charge in [-0.05, 0) is 32.9 Å². The van der Waals surface area contributed by atoms with Gasteiger partial charge in [0.25, 0.3) is 0 Å². The van der Waals surface area contributed by atoms with E-state index in [9.17, 15) is 4.79 Å². The number of carbonyl (C=O) groups is 1. The van der Waals surface area contributed by atoms with Crippen molar-refractivity contribution in [1.82, 2.24) is 14.9 Å². The zero-order valence-electron chi connectivity index (χ0n) is 11.2. The number of nitrogens with two attached hydrogens (primary N) is 1. The minimum atomic E-state index is -0.0574. The highest BCUT2D eigenvalue weighted by atomic mass is 16.5. The van der Waals surface area contributed by atoms with E-state index in [1.54, 1.807) is 12.4 Å². The summed E-state index contributed by atoms with van der Waals surface area (Å²) in [5.74, 6) is 0.293. The van der Waals surface area contributed by atoms with Crippen LogP contribution in [0.15, 0.2) is 12.4 Å². The molecule has 1 saturated heterocycles. The van der Waals surface area contributed by atoms with E-state index >= 15 is 0 Å². The van der Waals surface area contributed by atoms with E-state index in [1.807, 2.05) is 6.92 Å². The second-order valence-corrected chi connectivity index (χ2v) is 4.75. The van der Waals surface area contributed by atoms with Crippen molar-refractivity contribution in [3.05, 3.63) is 18.0 Å². The maximum Gasteiger partial charge on any atom is 0.309 e. The van der Waals surface area contributed by atoms with Crippen molar-refractivity contribution in [1.29, 1.82) is 0 Å². The first-order valence-corrected chi connectivity index (χ1v) is 6.64. The Kier molecular flexibility index (Phi) is 4.68. The second-order valence-electron chi connectivity index (χ2n) is 4.75. The average Bonchev–Trinajstić information content (AvgIpc) is 2.42. The molecule has 6 nitrogen and oxygen atoms in total. The van der Waals surface area contributed by atoms with Gasteiger partial charge in [-0.15, -0.1) is 0 Å². The molecule has 1 aliphatic rings. The van der Waals surface area contributed by atoms with Crippen LogP contribution in [0.25, 0.3) is 0 Å². The van der Waals surface area contributed by atoms with Crippen LogP contribution in [0, 0.1) is 5.92 Å². The molecule has 0 radical (unpaired) electrons. The summed E-state index contributed by atoms with van der Waals surface area (Å²) in [4.78, 5) is 21.9. The molecule has 0 aromatic carbocycles. The number of piperidine rings is 1. The lowest BCUT2D eigenvalue weighted by Gasteiger charge is -2.30. The van der Waals surface area contributed by atoms with E-state index < -0.39 is 0 Å². The molecule has 104 valence electrons. The van der Waals surface area contributed by atoms with Gasteiger partial charge in [0.05, 0.1) is 12.5 Å². The Morgan fingerprint density at radius 2 is 2.05 bits per heavy atom. The van der Waals surface area contributed by atoms with E-state index in [0.29, 0.717) is 12.6 Å². The first-order valence-electron chi connectivity index (χ1n) is 6.64. The third kappa shape index (κ3) is 3.89. The zero-order chi connectivity index (χ0) is 13.7. The van der Waals surface area contributed by atoms with Crippen molar-refractivity contribution in [3.8, 4) is 0 Å². The van der Waals surface area contributed by atoms with Crippen molar-refractivity contribution in [2.45, 2.75) is 26.3 Å². The summed E-state index contributed by atoms with van der Waals surface area (Å²) in [7, 11) is 0. The minimum absolute atomic E-state index is 0.0545. The molecule has 1 fully saturated rings. The highest BCUT2D eigenvalue weighted by molar-refractivity contribution is 5.72. The normalized spacial score (nSPS) is 17.3. The van der Waals surface area contributed by atoms with E-state index in [4.69, 9.17) is 10.5 Å². The van der Waals surface area contributed by atoms with Crippen molar-refractivity contribution < 1.29 is 9.53 Å². The second kappa shape index (κ2) is 6.47. The minimum Gasteiger partial charge on any atom is -0.466 e. The molecule has 0 spiro atoms. The van der Waals surface area contributed by atoms with Gasteiger partial charge in [-0.3, -0.25) is 9.69 Å². The predicted octanol–water partition coefficient (Wildman–Crippen LogP) is 0.834. The average molecular weight is 264 g/mol. The molecule has 2 N–H and O–H groups in total. The van der Waals surface area contributed by atoms with Gasteiger partial charge in [-0.2, -0.15) is 0 Å². The Balaban J connectivity index is 1.80. The first-order chi connectivity index (χ1) is 9.19. The summed E-state index contributed by atoms with van der Waals surface area (Å²) < 4.78 is 5.06. The topological polar surface area (TPSA) is 81.3 Å². The van der Waals surface area contributed by atoms with Gasteiger partial charge >= 0.3 is 5.97 Å². The Labute approximate surface area is 113 Å². The fourth-order valence-corrected chi connectivity index (χ4v) is 2.29. The maximum absolute atomic E-state index is 11.6. The fourth-order valence-electron chi connectivity index (χ4n) is 2.29. The summed E-state index contributed by atoms with van der Waals surface area (Å²) in [5.41, 5.74) is 6.50. The van der Waals surface area contributed by atoms with Gasteiger partial charge in [0.2, 0.25) is 5.95 Å². The third-order valence-electron chi connectivity index (χ3n) is 3.34. The Bertz CT molecular complexity index is 413. The number of anilines is 1. The number of nitrogen functional groups attached to an aromatic ring is 1. The van der Waals surface area contributed by atoms with Crippen LogP contribution in [0.5, 0.6) is 0 Å². The van der Waals surface area contributed by atoms with Crippen LogP contribution in [0.4, 0.5) is 5.95 Å². The molecule has 0 amide bonds. The maximum atomic E-state index is 11.6. The van der Waals surface area contributed by atoms with E-state index in [2.05, 4.69) is 14.9 Å². The molecule has 1 aromatic rings. The van der Waals surface area contributed by atoms with E-state index in [1.165, 1.54) is 0 Å². The number of aromatic nitrogens is 2. The SMILES string of the molecule is CCOC(=O)C1CCN(Cc2cnc(N)nc2)CC1. The molecular weight excluding hydrogens is 244 g/mol. The van der Waals surface area contributed by atoms with Crippen LogP contribution in [0.1, 0.15) is 25.3 Å². The van der Waals surface area contributed by atoms with Crippen molar-refractivity contribution >= 4 is 11.9 Å². The molecule has 0 saturated carbocycles.